The first-order valence-corrected chi connectivity index (χ1v) is 7.82. The Morgan fingerprint density at radius 1 is 1.41 bits per heavy atom. The second-order valence-electron chi connectivity index (χ2n) is 6.76. The highest BCUT2D eigenvalue weighted by Crippen LogP contribution is 2.32. The number of piperazine rings is 1. The van der Waals surface area contributed by atoms with Crippen LogP contribution in [0.25, 0.3) is 0 Å². The third-order valence-electron chi connectivity index (χ3n) is 3.80. The Bertz CT molecular complexity index is 419. The first-order chi connectivity index (χ1) is 10.2. The Labute approximate surface area is 133 Å². The Morgan fingerprint density at radius 3 is 2.50 bits per heavy atom. The van der Waals surface area contributed by atoms with Crippen molar-refractivity contribution in [3.63, 3.8) is 0 Å². The van der Waals surface area contributed by atoms with Gasteiger partial charge in [-0.05, 0) is 33.6 Å². The van der Waals surface area contributed by atoms with Gasteiger partial charge < -0.3 is 4.74 Å². The molecule has 0 aromatic heterocycles. The summed E-state index contributed by atoms with van der Waals surface area (Å²) in [4.78, 5) is 15.7. The molecule has 2 atom stereocenters. The van der Waals surface area contributed by atoms with Gasteiger partial charge in [-0.2, -0.15) is 0 Å². The smallest absolute Gasteiger partial charge is 0.412 e. The fourth-order valence-corrected chi connectivity index (χ4v) is 2.67. The molecule has 0 spiro atoms. The molecule has 1 saturated heterocycles. The van der Waals surface area contributed by atoms with Gasteiger partial charge in [-0.15, -0.1) is 13.2 Å². The van der Waals surface area contributed by atoms with Gasteiger partial charge >= 0.3 is 6.09 Å². The molecule has 0 aliphatic carbocycles. The highest BCUT2D eigenvalue weighted by molar-refractivity contribution is 5.69. The van der Waals surface area contributed by atoms with E-state index in [1.807, 2.05) is 4.90 Å². The van der Waals surface area contributed by atoms with Crippen LogP contribution < -0.4 is 0 Å². The van der Waals surface area contributed by atoms with Crippen LogP contribution in [0.5, 0.6) is 0 Å². The summed E-state index contributed by atoms with van der Waals surface area (Å²) in [6.45, 7) is 15.6. The third-order valence-corrected chi connectivity index (χ3v) is 3.80. The minimum atomic E-state index is -1.72. The molecule has 0 unspecified atom stereocenters. The van der Waals surface area contributed by atoms with Crippen LogP contribution in [-0.4, -0.2) is 53.0 Å². The number of carbonyl (C=O) groups excluding carboxylic acids is 1. The minimum Gasteiger partial charge on any atom is -0.444 e. The molecule has 0 saturated carbocycles. The number of carbonyl (C=O) groups is 1. The van der Waals surface area contributed by atoms with Crippen molar-refractivity contribution in [2.45, 2.75) is 58.0 Å². The maximum atomic E-state index is 15.3. The van der Waals surface area contributed by atoms with E-state index in [9.17, 15) is 4.79 Å². The van der Waals surface area contributed by atoms with E-state index in [0.717, 1.165) is 0 Å². The fourth-order valence-electron chi connectivity index (χ4n) is 2.67. The second-order valence-corrected chi connectivity index (χ2v) is 6.76. The predicted octanol–water partition coefficient (Wildman–Crippen LogP) is 3.75. The second kappa shape index (κ2) is 7.27. The lowest BCUT2D eigenvalue weighted by Crippen LogP contribution is -2.65. The minimum absolute atomic E-state index is 0.0263. The van der Waals surface area contributed by atoms with Gasteiger partial charge in [0.25, 0.3) is 0 Å². The molecule has 0 aromatic rings. The van der Waals surface area contributed by atoms with Crippen molar-refractivity contribution in [1.82, 2.24) is 9.80 Å². The normalized spacial score (nSPS) is 26.6. The number of hydrogen-bond donors (Lipinski definition) is 0. The van der Waals surface area contributed by atoms with Gasteiger partial charge in [-0.3, -0.25) is 9.80 Å². The summed E-state index contributed by atoms with van der Waals surface area (Å²) in [6, 6.07) is 0.0263. The lowest BCUT2D eigenvalue weighted by atomic mass is 10.0. The van der Waals surface area contributed by atoms with Crippen molar-refractivity contribution in [3.05, 3.63) is 25.3 Å². The molecule has 5 heteroatoms. The SMILES string of the molecule is C=CC[C@@H]1CN(C(=O)OC(C)(C)C)[C@](F)(CC)CN1CC=C. The number of alkyl halides is 1. The number of ether oxygens (including phenoxy) is 1. The van der Waals surface area contributed by atoms with Crippen molar-refractivity contribution < 1.29 is 13.9 Å². The highest BCUT2D eigenvalue weighted by atomic mass is 19.1. The third kappa shape index (κ3) is 4.57. The molecule has 0 bridgehead atoms. The highest BCUT2D eigenvalue weighted by Gasteiger charge is 2.47. The molecule has 1 amide bonds. The first-order valence-electron chi connectivity index (χ1n) is 7.82. The van der Waals surface area contributed by atoms with Gasteiger partial charge in [0.1, 0.15) is 5.60 Å². The predicted molar refractivity (Wildman–Crippen MR) is 87.4 cm³/mol. The van der Waals surface area contributed by atoms with E-state index in [2.05, 4.69) is 13.2 Å². The average Bonchev–Trinajstić information content (AvgIpc) is 2.40. The van der Waals surface area contributed by atoms with Crippen molar-refractivity contribution in [2.24, 2.45) is 0 Å². The topological polar surface area (TPSA) is 32.8 Å². The molecule has 1 aliphatic rings. The van der Waals surface area contributed by atoms with Gasteiger partial charge in [0, 0.05) is 19.1 Å². The van der Waals surface area contributed by atoms with Gasteiger partial charge in [0.15, 0.2) is 5.79 Å². The standard InChI is InChI=1S/C17H29FN2O2/c1-7-10-14-12-20(15(21)22-16(4,5)6)17(18,9-3)13-19(14)11-8-2/h7-8,14H,1-2,9-13H2,3-6H3/t14-,17-/m1/s1. The number of amides is 1. The summed E-state index contributed by atoms with van der Waals surface area (Å²) in [6.07, 6.45) is 3.87. The van der Waals surface area contributed by atoms with Crippen LogP contribution in [0.3, 0.4) is 0 Å². The molecule has 0 N–H and O–H groups in total. The molecule has 1 aliphatic heterocycles. The summed E-state index contributed by atoms with van der Waals surface area (Å²) in [5.41, 5.74) is -0.641. The molecular weight excluding hydrogens is 283 g/mol. The molecular formula is C17H29FN2O2. The summed E-state index contributed by atoms with van der Waals surface area (Å²) < 4.78 is 20.7. The van der Waals surface area contributed by atoms with Crippen LogP contribution in [0.1, 0.15) is 40.5 Å². The zero-order chi connectivity index (χ0) is 17.0. The number of halogens is 1. The Hall–Kier alpha value is -1.36. The Kier molecular flexibility index (Phi) is 6.17. The summed E-state index contributed by atoms with van der Waals surface area (Å²) in [5, 5.41) is 0. The zero-order valence-electron chi connectivity index (χ0n) is 14.3. The van der Waals surface area contributed by atoms with Gasteiger partial charge in [0.2, 0.25) is 0 Å². The number of rotatable bonds is 5. The molecule has 1 rings (SSSR count). The van der Waals surface area contributed by atoms with Crippen molar-refractivity contribution in [2.75, 3.05) is 19.6 Å². The van der Waals surface area contributed by atoms with E-state index in [4.69, 9.17) is 4.74 Å². The average molecular weight is 312 g/mol. The summed E-state index contributed by atoms with van der Waals surface area (Å²) >= 11 is 0. The van der Waals surface area contributed by atoms with Crippen LogP contribution in [0.2, 0.25) is 0 Å². The maximum absolute atomic E-state index is 15.3. The molecule has 0 radical (unpaired) electrons. The van der Waals surface area contributed by atoms with E-state index in [1.54, 1.807) is 39.8 Å². The largest absolute Gasteiger partial charge is 0.444 e. The number of nitrogens with zero attached hydrogens (tertiary/aromatic N) is 2. The van der Waals surface area contributed by atoms with Crippen molar-refractivity contribution in [3.8, 4) is 0 Å². The van der Waals surface area contributed by atoms with E-state index in [1.165, 1.54) is 4.90 Å². The molecule has 126 valence electrons. The maximum Gasteiger partial charge on any atom is 0.412 e. The number of hydrogen-bond acceptors (Lipinski definition) is 3. The summed E-state index contributed by atoms with van der Waals surface area (Å²) in [5.74, 6) is -1.72. The molecule has 1 fully saturated rings. The van der Waals surface area contributed by atoms with Gasteiger partial charge in [-0.1, -0.05) is 19.1 Å². The van der Waals surface area contributed by atoms with Crippen LogP contribution >= 0.6 is 0 Å². The van der Waals surface area contributed by atoms with Crippen molar-refractivity contribution in [1.29, 1.82) is 0 Å². The molecule has 22 heavy (non-hydrogen) atoms. The van der Waals surface area contributed by atoms with Crippen molar-refractivity contribution >= 4 is 6.09 Å². The lowest BCUT2D eigenvalue weighted by Gasteiger charge is -2.49. The summed E-state index contributed by atoms with van der Waals surface area (Å²) in [7, 11) is 0. The zero-order valence-corrected chi connectivity index (χ0v) is 14.3. The Balaban J connectivity index is 3.00. The van der Waals surface area contributed by atoms with Crippen LogP contribution in [0, 0.1) is 0 Å². The van der Waals surface area contributed by atoms with Crippen LogP contribution in [-0.2, 0) is 4.74 Å². The molecule has 0 aromatic carbocycles. The first kappa shape index (κ1) is 18.7. The quantitative estimate of drug-likeness (QED) is 0.572. The van der Waals surface area contributed by atoms with Gasteiger partial charge in [0.05, 0.1) is 6.54 Å². The monoisotopic (exact) mass is 312 g/mol. The fraction of sp³-hybridized carbons (Fsp3) is 0.706. The lowest BCUT2D eigenvalue weighted by molar-refractivity contribution is -0.111. The van der Waals surface area contributed by atoms with E-state index >= 15 is 4.39 Å². The Morgan fingerprint density at radius 2 is 2.05 bits per heavy atom. The van der Waals surface area contributed by atoms with E-state index < -0.39 is 17.5 Å². The van der Waals surface area contributed by atoms with E-state index in [0.29, 0.717) is 19.5 Å². The van der Waals surface area contributed by atoms with E-state index in [-0.39, 0.29) is 19.0 Å². The van der Waals surface area contributed by atoms with Crippen LogP contribution in [0.4, 0.5) is 9.18 Å². The molecule has 1 heterocycles. The molecule has 4 nitrogen and oxygen atoms in total. The van der Waals surface area contributed by atoms with Crippen LogP contribution in [0.15, 0.2) is 25.3 Å². The van der Waals surface area contributed by atoms with Gasteiger partial charge in [-0.25, -0.2) is 9.18 Å².